The van der Waals surface area contributed by atoms with Gasteiger partial charge in [0, 0.05) is 24.5 Å². The second-order valence-corrected chi connectivity index (χ2v) is 11.6. The predicted molar refractivity (Wildman–Crippen MR) is 153 cm³/mol. The van der Waals surface area contributed by atoms with Crippen molar-refractivity contribution in [2.24, 2.45) is 5.92 Å². The number of amides is 3. The van der Waals surface area contributed by atoms with Crippen molar-refractivity contribution in [1.29, 1.82) is 0 Å². The highest BCUT2D eigenvalue weighted by Crippen LogP contribution is 2.11. The van der Waals surface area contributed by atoms with Gasteiger partial charge in [0.05, 0.1) is 19.8 Å². The lowest BCUT2D eigenvalue weighted by atomic mass is 10.0. The maximum Gasteiger partial charge on any atom is 0.318 e. The lowest BCUT2D eigenvalue weighted by Gasteiger charge is -2.30. The number of aryl methyl sites for hydroxylation is 1. The summed E-state index contributed by atoms with van der Waals surface area (Å²) >= 11 is 0. The Morgan fingerprint density at radius 2 is 1.60 bits per heavy atom. The molecule has 0 aliphatic carbocycles. The second-order valence-electron chi connectivity index (χ2n) is 10.1. The fraction of sp³-hybridized carbons (Fsp3) is 0.448. The molecular weight excluding hydrogens is 532 g/mol. The van der Waals surface area contributed by atoms with Gasteiger partial charge in [-0.15, -0.1) is 0 Å². The van der Waals surface area contributed by atoms with E-state index in [-0.39, 0.29) is 24.5 Å². The highest BCUT2D eigenvalue weighted by molar-refractivity contribution is 7.92. The van der Waals surface area contributed by atoms with Crippen molar-refractivity contribution in [3.8, 4) is 0 Å². The zero-order chi connectivity index (χ0) is 28.8. The molecule has 2 aromatic carbocycles. The molecule has 40 heavy (non-hydrogen) atoms. The van der Waals surface area contributed by atoms with Gasteiger partial charge in [-0.05, 0) is 42.4 Å². The van der Waals surface area contributed by atoms with Crippen LogP contribution in [0, 0.1) is 5.92 Å². The quantitative estimate of drug-likeness (QED) is 0.299. The van der Waals surface area contributed by atoms with E-state index >= 15 is 0 Å². The molecular formula is C29H40N4O6S. The summed E-state index contributed by atoms with van der Waals surface area (Å²) in [4.78, 5) is 35.1. The number of nitrogens with zero attached hydrogens (tertiary/aromatic N) is 1. The van der Waals surface area contributed by atoms with E-state index in [1.165, 1.54) is 6.08 Å². The van der Waals surface area contributed by atoms with Gasteiger partial charge < -0.3 is 20.3 Å². The number of morpholine rings is 1. The maximum absolute atomic E-state index is 13.4. The molecule has 218 valence electrons. The van der Waals surface area contributed by atoms with Crippen LogP contribution in [0.25, 0.3) is 0 Å². The third kappa shape index (κ3) is 11.5. The minimum Gasteiger partial charge on any atom is -0.378 e. The molecule has 3 N–H and O–H groups in total. The molecule has 1 heterocycles. The van der Waals surface area contributed by atoms with Crippen molar-refractivity contribution in [3.63, 3.8) is 0 Å². The molecule has 2 aromatic rings. The molecule has 0 radical (unpaired) electrons. The molecule has 0 saturated carbocycles. The van der Waals surface area contributed by atoms with Crippen LogP contribution >= 0.6 is 0 Å². The molecule has 1 aliphatic heterocycles. The number of carbonyl (C=O) groups is 2. The van der Waals surface area contributed by atoms with E-state index in [4.69, 9.17) is 9.57 Å². The van der Waals surface area contributed by atoms with E-state index in [1.54, 1.807) is 4.90 Å². The van der Waals surface area contributed by atoms with Crippen LogP contribution in [0.15, 0.2) is 72.1 Å². The second kappa shape index (κ2) is 16.1. The van der Waals surface area contributed by atoms with E-state index in [0.717, 1.165) is 16.5 Å². The Morgan fingerprint density at radius 3 is 2.23 bits per heavy atom. The number of sulfonamides is 1. The van der Waals surface area contributed by atoms with Crippen LogP contribution in [0.3, 0.4) is 0 Å². The largest absolute Gasteiger partial charge is 0.378 e. The van der Waals surface area contributed by atoms with E-state index in [9.17, 15) is 18.0 Å². The summed E-state index contributed by atoms with van der Waals surface area (Å²) in [6.45, 7) is 5.85. The van der Waals surface area contributed by atoms with Crippen LogP contribution in [-0.4, -0.2) is 63.6 Å². The van der Waals surface area contributed by atoms with Crippen molar-refractivity contribution in [3.05, 3.63) is 83.3 Å². The summed E-state index contributed by atoms with van der Waals surface area (Å²) in [5.74, 6) is -0.228. The Bertz CT molecular complexity index is 1190. The van der Waals surface area contributed by atoms with Crippen LogP contribution in [0.5, 0.6) is 0 Å². The molecule has 3 amide bonds. The van der Waals surface area contributed by atoms with E-state index in [1.807, 2.05) is 74.5 Å². The summed E-state index contributed by atoms with van der Waals surface area (Å²) in [7, 11) is -3.93. The molecule has 0 aromatic heterocycles. The Balaban J connectivity index is 1.67. The van der Waals surface area contributed by atoms with Crippen molar-refractivity contribution in [2.45, 2.75) is 51.8 Å². The number of nitrogens with one attached hydrogen (secondary N) is 3. The fourth-order valence-corrected chi connectivity index (χ4v) is 4.85. The molecule has 11 heteroatoms. The number of hydrogen-bond donors (Lipinski definition) is 3. The molecule has 1 fully saturated rings. The summed E-state index contributed by atoms with van der Waals surface area (Å²) in [6.07, 6.45) is 2.94. The molecule has 10 nitrogen and oxygen atoms in total. The molecule has 1 saturated heterocycles. The molecule has 0 unspecified atom stereocenters. The molecule has 1 aliphatic rings. The zero-order valence-corrected chi connectivity index (χ0v) is 23.9. The van der Waals surface area contributed by atoms with Crippen LogP contribution in [0.4, 0.5) is 4.79 Å². The lowest BCUT2D eigenvalue weighted by molar-refractivity contribution is -0.123. The first-order chi connectivity index (χ1) is 19.2. The van der Waals surface area contributed by atoms with E-state index in [0.29, 0.717) is 45.6 Å². The van der Waals surface area contributed by atoms with Crippen molar-refractivity contribution < 1.29 is 27.6 Å². The first kappa shape index (κ1) is 31.3. The highest BCUT2D eigenvalue weighted by atomic mass is 32.2. The number of benzene rings is 2. The Hall–Kier alpha value is -3.25. The van der Waals surface area contributed by atoms with Crippen LogP contribution in [0.1, 0.15) is 37.8 Å². The first-order valence-electron chi connectivity index (χ1n) is 13.5. The first-order valence-corrected chi connectivity index (χ1v) is 15.1. The number of ether oxygens (including phenoxy) is 1. The van der Waals surface area contributed by atoms with Gasteiger partial charge in [0.2, 0.25) is 5.91 Å². The van der Waals surface area contributed by atoms with Crippen molar-refractivity contribution >= 4 is 22.0 Å². The molecule has 3 rings (SSSR count). The van der Waals surface area contributed by atoms with Gasteiger partial charge in [-0.25, -0.2) is 13.2 Å². The van der Waals surface area contributed by atoms with E-state index in [2.05, 4.69) is 15.5 Å². The standard InChI is InChI=1S/C29H40N4O6S/c1-23(2)21-27(31-29(35)33-16-18-38-19-17-33)28(34)30-26(14-13-24-9-5-3-6-10-24)15-20-40(36,37)32-39-22-25-11-7-4-8-12-25/h3-12,15,20,23,26-27,32H,13-14,16-19,21-22H2,1-2H3,(H,30,34)(H,31,35)/b20-15+/t26-,27-/m0/s1. The number of rotatable bonds is 14. The Labute approximate surface area is 237 Å². The monoisotopic (exact) mass is 572 g/mol. The number of carbonyl (C=O) groups excluding carboxylic acids is 2. The van der Waals surface area contributed by atoms with Gasteiger partial charge in [0.15, 0.2) is 0 Å². The topological polar surface area (TPSA) is 126 Å². The van der Waals surface area contributed by atoms with Crippen molar-refractivity contribution in [2.75, 3.05) is 26.3 Å². The highest BCUT2D eigenvalue weighted by Gasteiger charge is 2.27. The van der Waals surface area contributed by atoms with Gasteiger partial charge in [-0.3, -0.25) is 9.63 Å². The predicted octanol–water partition coefficient (Wildman–Crippen LogP) is 3.13. The van der Waals surface area contributed by atoms with Crippen LogP contribution in [-0.2, 0) is 37.4 Å². The third-order valence-corrected chi connectivity index (χ3v) is 7.15. The van der Waals surface area contributed by atoms with Crippen molar-refractivity contribution in [1.82, 2.24) is 20.4 Å². The van der Waals surface area contributed by atoms with Gasteiger partial charge in [0.1, 0.15) is 6.04 Å². The molecule has 0 spiro atoms. The van der Waals surface area contributed by atoms with Gasteiger partial charge in [-0.1, -0.05) is 79.4 Å². The van der Waals surface area contributed by atoms with Crippen LogP contribution < -0.4 is 15.5 Å². The summed E-state index contributed by atoms with van der Waals surface area (Å²) in [6, 6.07) is 17.2. The average Bonchev–Trinajstić information content (AvgIpc) is 2.95. The fourth-order valence-electron chi connectivity index (χ4n) is 4.17. The zero-order valence-electron chi connectivity index (χ0n) is 23.1. The SMILES string of the molecule is CC(C)C[C@H](NC(=O)N1CCOCC1)C(=O)N[C@H](/C=C/S(=O)(=O)NOCc1ccccc1)CCc1ccccc1. The third-order valence-electron chi connectivity index (χ3n) is 6.28. The number of urea groups is 1. The minimum atomic E-state index is -3.93. The van der Waals surface area contributed by atoms with Gasteiger partial charge in [-0.2, -0.15) is 0 Å². The van der Waals surface area contributed by atoms with Crippen LogP contribution in [0.2, 0.25) is 0 Å². The number of hydrogen-bond acceptors (Lipinski definition) is 6. The average molecular weight is 573 g/mol. The normalized spacial score (nSPS) is 15.6. The summed E-state index contributed by atoms with van der Waals surface area (Å²) in [5, 5.41) is 6.79. The molecule has 0 bridgehead atoms. The maximum atomic E-state index is 13.4. The minimum absolute atomic E-state index is 0.0712. The summed E-state index contributed by atoms with van der Waals surface area (Å²) < 4.78 is 30.5. The lowest BCUT2D eigenvalue weighted by Crippen LogP contribution is -2.54. The van der Waals surface area contributed by atoms with Gasteiger partial charge >= 0.3 is 6.03 Å². The van der Waals surface area contributed by atoms with E-state index < -0.39 is 22.1 Å². The van der Waals surface area contributed by atoms with Gasteiger partial charge in [0.25, 0.3) is 10.0 Å². The Morgan fingerprint density at radius 1 is 0.975 bits per heavy atom. The summed E-state index contributed by atoms with van der Waals surface area (Å²) in [5.41, 5.74) is 1.87. The Kier molecular flexibility index (Phi) is 12.6. The molecule has 2 atom stereocenters. The smallest absolute Gasteiger partial charge is 0.318 e.